The molecule has 0 aliphatic heterocycles. The Balaban J connectivity index is 0.000000223. The molecular weight excluding hydrogens is 609 g/mol. The van der Waals surface area contributed by atoms with Crippen LogP contribution in [0.25, 0.3) is 38.5 Å². The van der Waals surface area contributed by atoms with Crippen LogP contribution in [0.2, 0.25) is 0 Å². The number of pyridine rings is 2. The number of hydrogen-bond acceptors (Lipinski definition) is 3. The molecule has 0 unspecified atom stereocenters. The Morgan fingerprint density at radius 2 is 1.60 bits per heavy atom. The molecule has 0 saturated heterocycles. The molecule has 5 heteroatoms. The average Bonchev–Trinajstić information content (AvgIpc) is 2.94. The Morgan fingerprint density at radius 3 is 2.29 bits per heavy atom. The van der Waals surface area contributed by atoms with E-state index < -0.39 is 0 Å². The molecule has 5 aromatic rings. The van der Waals surface area contributed by atoms with E-state index in [0.717, 1.165) is 22.4 Å². The van der Waals surface area contributed by atoms with Gasteiger partial charge in [0.15, 0.2) is 0 Å². The largest absolute Gasteiger partial charge is 0.305 e. The second-order valence-electron chi connectivity index (χ2n) is 7.13. The third kappa shape index (κ3) is 6.34. The van der Waals surface area contributed by atoms with Crippen LogP contribution in [0.4, 0.5) is 5.69 Å². The van der Waals surface area contributed by atoms with E-state index in [1.54, 1.807) is 24.5 Å². The molecule has 4 nitrogen and oxygen atoms in total. The molecule has 0 saturated carbocycles. The molecule has 1 radical (unpaired) electrons. The molecule has 169 valence electrons. The van der Waals surface area contributed by atoms with Crippen molar-refractivity contribution in [3.8, 4) is 39.7 Å². The Bertz CT molecular complexity index is 1420. The third-order valence-electron chi connectivity index (χ3n) is 4.95. The van der Waals surface area contributed by atoms with Crippen molar-refractivity contribution in [1.82, 2.24) is 9.97 Å². The monoisotopic (exact) mass is 627 g/mol. The number of benzene rings is 3. The van der Waals surface area contributed by atoms with Gasteiger partial charge in [0.2, 0.25) is 5.69 Å². The van der Waals surface area contributed by atoms with Gasteiger partial charge in [-0.05, 0) is 46.1 Å². The topological polar surface area (TPSA) is 53.9 Å². The van der Waals surface area contributed by atoms with Gasteiger partial charge in [-0.1, -0.05) is 48.5 Å². The minimum absolute atomic E-state index is 0. The van der Waals surface area contributed by atoms with Crippen molar-refractivity contribution >= 4 is 5.69 Å². The summed E-state index contributed by atoms with van der Waals surface area (Å²) in [7, 11) is 0. The second kappa shape index (κ2) is 12.7. The Kier molecular flexibility index (Phi) is 9.17. The first-order valence-corrected chi connectivity index (χ1v) is 10.5. The maximum absolute atomic E-state index is 8.96. The van der Waals surface area contributed by atoms with Crippen LogP contribution in [0.3, 0.4) is 0 Å². The van der Waals surface area contributed by atoms with E-state index in [2.05, 4.69) is 26.9 Å². The van der Waals surface area contributed by atoms with Crippen molar-refractivity contribution in [2.45, 2.75) is 0 Å². The predicted molar refractivity (Wildman–Crippen MR) is 133 cm³/mol. The van der Waals surface area contributed by atoms with Crippen molar-refractivity contribution < 1.29 is 20.1 Å². The summed E-state index contributed by atoms with van der Waals surface area (Å²) < 4.78 is 0. The van der Waals surface area contributed by atoms with E-state index in [9.17, 15) is 0 Å². The van der Waals surface area contributed by atoms with Gasteiger partial charge >= 0.3 is 0 Å². The van der Waals surface area contributed by atoms with Crippen LogP contribution in [0.15, 0.2) is 109 Å². The van der Waals surface area contributed by atoms with Crippen LogP contribution >= 0.6 is 0 Å². The zero-order valence-electron chi connectivity index (χ0n) is 18.5. The maximum atomic E-state index is 8.96. The molecule has 0 aliphatic rings. The zero-order valence-corrected chi connectivity index (χ0v) is 20.9. The van der Waals surface area contributed by atoms with Crippen molar-refractivity contribution in [3.63, 3.8) is 0 Å². The van der Waals surface area contributed by atoms with Crippen LogP contribution in [-0.4, -0.2) is 9.97 Å². The minimum atomic E-state index is 0. The molecule has 0 aliphatic carbocycles. The summed E-state index contributed by atoms with van der Waals surface area (Å²) >= 11 is 0. The molecule has 0 fully saturated rings. The molecule has 0 atom stereocenters. The van der Waals surface area contributed by atoms with Crippen molar-refractivity contribution in [3.05, 3.63) is 139 Å². The van der Waals surface area contributed by atoms with Crippen LogP contribution in [0.1, 0.15) is 5.56 Å². The molecule has 0 spiro atoms. The fourth-order valence-corrected chi connectivity index (χ4v) is 3.36. The fraction of sp³-hybridized carbons (Fsp3) is 0. The predicted octanol–water partition coefficient (Wildman–Crippen LogP) is 7.18. The first kappa shape index (κ1) is 25.2. The van der Waals surface area contributed by atoms with Crippen LogP contribution < -0.4 is 0 Å². The maximum Gasteiger partial charge on any atom is 0.236 e. The number of aromatic nitrogens is 2. The molecule has 2 aromatic heterocycles. The van der Waals surface area contributed by atoms with Gasteiger partial charge in [0.1, 0.15) is 6.57 Å². The minimum Gasteiger partial charge on any atom is -0.305 e. The number of nitrogens with zero attached hydrogens (tertiary/aromatic N) is 4. The zero-order chi connectivity index (χ0) is 23.6. The number of nitriles is 1. The van der Waals surface area contributed by atoms with Crippen LogP contribution in [0, 0.1) is 30.0 Å². The summed E-state index contributed by atoms with van der Waals surface area (Å²) in [6, 6.07) is 38.8. The summed E-state index contributed by atoms with van der Waals surface area (Å²) in [5.74, 6) is 0. The van der Waals surface area contributed by atoms with E-state index in [1.807, 2.05) is 91.0 Å². The third-order valence-corrected chi connectivity index (χ3v) is 4.95. The molecule has 35 heavy (non-hydrogen) atoms. The average molecular weight is 627 g/mol. The molecule has 0 N–H and O–H groups in total. The molecule has 3 aromatic carbocycles. The van der Waals surface area contributed by atoms with Gasteiger partial charge in [-0.3, -0.25) is 0 Å². The van der Waals surface area contributed by atoms with Gasteiger partial charge in [0.05, 0.1) is 0 Å². The summed E-state index contributed by atoms with van der Waals surface area (Å²) in [5, 5.41) is 8.96. The normalized spacial score (nSPS) is 9.43. The van der Waals surface area contributed by atoms with Gasteiger partial charge in [0, 0.05) is 44.3 Å². The van der Waals surface area contributed by atoms with Crippen LogP contribution in [-0.2, 0) is 20.1 Å². The van der Waals surface area contributed by atoms with Crippen molar-refractivity contribution in [1.29, 1.82) is 5.26 Å². The summed E-state index contributed by atoms with van der Waals surface area (Å²) in [5.41, 5.74) is 6.10. The van der Waals surface area contributed by atoms with Gasteiger partial charge < -0.3 is 9.97 Å². The first-order chi connectivity index (χ1) is 16.8. The second-order valence-corrected chi connectivity index (χ2v) is 7.13. The standard InChI is InChI=1S/C19H10N3.C11H8N.Ir/c1-21-18-12-14(13-20)9-10-17(18)19-16(8-5-11-22-19)15-6-3-2-4-7-15;1-2-6-10(7-3-1)11-8-4-5-9-12-11;/h2-9,11-12H;1-6,8-9H;/q2*-1;. The smallest absolute Gasteiger partial charge is 0.236 e. The van der Waals surface area contributed by atoms with Crippen molar-refractivity contribution in [2.75, 3.05) is 0 Å². The quantitative estimate of drug-likeness (QED) is 0.199. The van der Waals surface area contributed by atoms with Gasteiger partial charge in [-0.25, -0.2) is 5.26 Å². The first-order valence-electron chi connectivity index (χ1n) is 10.5. The van der Waals surface area contributed by atoms with E-state index in [-0.39, 0.29) is 20.1 Å². The molecule has 0 amide bonds. The molecule has 2 heterocycles. The fourth-order valence-electron chi connectivity index (χ4n) is 3.36. The van der Waals surface area contributed by atoms with E-state index in [0.29, 0.717) is 22.5 Å². The summed E-state index contributed by atoms with van der Waals surface area (Å²) in [4.78, 5) is 12.2. The Hall–Kier alpha value is -4.41. The van der Waals surface area contributed by atoms with Gasteiger partial charge in [-0.2, -0.15) is 4.85 Å². The van der Waals surface area contributed by atoms with Crippen LogP contribution in [0.5, 0.6) is 0 Å². The Morgan fingerprint density at radius 1 is 0.829 bits per heavy atom. The number of rotatable bonds is 3. The molecule has 5 rings (SSSR count). The van der Waals surface area contributed by atoms with E-state index in [1.165, 1.54) is 0 Å². The van der Waals surface area contributed by atoms with Gasteiger partial charge in [-0.15, -0.1) is 48.0 Å². The van der Waals surface area contributed by atoms with E-state index >= 15 is 0 Å². The van der Waals surface area contributed by atoms with Crippen molar-refractivity contribution in [2.24, 2.45) is 0 Å². The van der Waals surface area contributed by atoms with E-state index in [4.69, 9.17) is 11.8 Å². The molecular formula is C30H18IrN4-2. The van der Waals surface area contributed by atoms with Gasteiger partial charge in [0.25, 0.3) is 0 Å². The summed E-state index contributed by atoms with van der Waals surface area (Å²) in [6.45, 7) is 7.35. The molecule has 0 bridgehead atoms. The SMILES string of the molecule is [C-]#[N+]c1cc(C#N)c[c-]c1-c1ncccc1-c1ccccc1.[Ir].[c-]1ccccc1-c1ccccn1. The number of hydrogen-bond donors (Lipinski definition) is 0. The Labute approximate surface area is 218 Å². The summed E-state index contributed by atoms with van der Waals surface area (Å²) in [6.07, 6.45) is 3.48.